The maximum atomic E-state index is 13.5. The van der Waals surface area contributed by atoms with Crippen molar-refractivity contribution < 1.29 is 5.21 Å². The largest absolute Gasteiger partial charge is 0.188 e. The normalized spacial score (nSPS) is 16.2. The summed E-state index contributed by atoms with van der Waals surface area (Å²) in [6, 6.07) is 29.4. The first-order valence-electron chi connectivity index (χ1n) is 11.3. The van der Waals surface area contributed by atoms with E-state index in [1.165, 1.54) is 44.5 Å². The SMILES string of the molecule is CC1(C)c2ccccc2-c2ccc(N([O])c3ccc4c(c3)C(C)(C)c3ccccc3-4)cc21. The molecule has 0 saturated heterocycles. The number of rotatable bonds is 2. The van der Waals surface area contributed by atoms with Crippen LogP contribution in [0.1, 0.15) is 49.9 Å². The second-order valence-corrected chi connectivity index (χ2v) is 10.1. The standard InChI is InChI=1S/C30H26NO/c1-29(2)25-11-7-5-9-21(25)23-15-13-19(17-27(23)29)31(32)20-14-16-24-22-10-6-8-12-26(22)30(3,4)28(24)18-20/h5-18H,1-4H3. The molecule has 0 spiro atoms. The molecule has 1 radical (unpaired) electrons. The van der Waals surface area contributed by atoms with Crippen molar-refractivity contribution in [2.75, 3.05) is 5.06 Å². The van der Waals surface area contributed by atoms with Crippen LogP contribution in [0.2, 0.25) is 0 Å². The first-order chi connectivity index (χ1) is 15.3. The summed E-state index contributed by atoms with van der Waals surface area (Å²) in [6.07, 6.45) is 0. The zero-order valence-corrected chi connectivity index (χ0v) is 18.9. The van der Waals surface area contributed by atoms with E-state index in [2.05, 4.69) is 100 Å². The third kappa shape index (κ3) is 2.44. The first-order valence-corrected chi connectivity index (χ1v) is 11.3. The van der Waals surface area contributed by atoms with Gasteiger partial charge < -0.3 is 0 Å². The minimum Gasteiger partial charge on any atom is -0.188 e. The molecule has 32 heavy (non-hydrogen) atoms. The molecule has 0 heterocycles. The van der Waals surface area contributed by atoms with Gasteiger partial charge in [0.1, 0.15) is 0 Å². The highest BCUT2D eigenvalue weighted by Crippen LogP contribution is 2.51. The van der Waals surface area contributed by atoms with E-state index in [1.54, 1.807) is 0 Å². The minimum atomic E-state index is -0.121. The summed E-state index contributed by atoms with van der Waals surface area (Å²) in [5.41, 5.74) is 11.2. The van der Waals surface area contributed by atoms with Crippen molar-refractivity contribution in [3.63, 3.8) is 0 Å². The molecule has 2 heteroatoms. The van der Waals surface area contributed by atoms with E-state index in [1.807, 2.05) is 12.1 Å². The van der Waals surface area contributed by atoms with Gasteiger partial charge in [0, 0.05) is 10.8 Å². The highest BCUT2D eigenvalue weighted by Gasteiger charge is 2.37. The fraction of sp³-hybridized carbons (Fsp3) is 0.200. The Bertz CT molecular complexity index is 1290. The Morgan fingerprint density at radius 2 is 0.875 bits per heavy atom. The summed E-state index contributed by atoms with van der Waals surface area (Å²) < 4.78 is 0. The van der Waals surface area contributed by atoms with Gasteiger partial charge in [-0.05, 0) is 68.8 Å². The maximum absolute atomic E-state index is 13.5. The number of hydrogen-bond acceptors (Lipinski definition) is 1. The molecule has 0 saturated carbocycles. The number of hydrogen-bond donors (Lipinski definition) is 0. The van der Waals surface area contributed by atoms with E-state index >= 15 is 0 Å². The number of fused-ring (bicyclic) bond motifs is 6. The average Bonchev–Trinajstić information content (AvgIpc) is 3.18. The van der Waals surface area contributed by atoms with Crippen molar-refractivity contribution >= 4 is 11.4 Å². The molecule has 0 fully saturated rings. The van der Waals surface area contributed by atoms with Gasteiger partial charge in [-0.15, -0.1) is 0 Å². The number of anilines is 2. The molecular formula is C30H26NO. The molecule has 0 aliphatic heterocycles. The molecule has 2 aliphatic carbocycles. The van der Waals surface area contributed by atoms with Gasteiger partial charge in [0.2, 0.25) is 0 Å². The van der Waals surface area contributed by atoms with Crippen LogP contribution in [-0.2, 0) is 16.0 Å². The van der Waals surface area contributed by atoms with Crippen LogP contribution in [0.4, 0.5) is 11.4 Å². The van der Waals surface area contributed by atoms with Gasteiger partial charge in [-0.3, -0.25) is 0 Å². The smallest absolute Gasteiger partial charge is 0.0730 e. The Labute approximate surface area is 189 Å². The van der Waals surface area contributed by atoms with Crippen LogP contribution in [-0.4, -0.2) is 0 Å². The summed E-state index contributed by atoms with van der Waals surface area (Å²) >= 11 is 0. The highest BCUT2D eigenvalue weighted by atomic mass is 16.5. The summed E-state index contributed by atoms with van der Waals surface area (Å²) in [5, 5.41) is 14.6. The molecule has 4 aromatic rings. The molecular weight excluding hydrogens is 390 g/mol. The predicted octanol–water partition coefficient (Wildman–Crippen LogP) is 7.78. The van der Waals surface area contributed by atoms with E-state index in [4.69, 9.17) is 0 Å². The predicted molar refractivity (Wildman–Crippen MR) is 131 cm³/mol. The topological polar surface area (TPSA) is 23.1 Å². The van der Waals surface area contributed by atoms with Crippen LogP contribution >= 0.6 is 0 Å². The summed E-state index contributed by atoms with van der Waals surface area (Å²) in [7, 11) is 0. The number of nitrogens with zero attached hydrogens (tertiary/aromatic N) is 1. The number of benzene rings is 4. The van der Waals surface area contributed by atoms with Crippen LogP contribution in [0.3, 0.4) is 0 Å². The van der Waals surface area contributed by atoms with E-state index in [0.29, 0.717) is 11.4 Å². The summed E-state index contributed by atoms with van der Waals surface area (Å²) in [6.45, 7) is 8.97. The second-order valence-electron chi connectivity index (χ2n) is 10.1. The van der Waals surface area contributed by atoms with Gasteiger partial charge in [-0.2, -0.15) is 5.06 Å². The van der Waals surface area contributed by atoms with Crippen LogP contribution in [0.15, 0.2) is 84.9 Å². The molecule has 0 N–H and O–H groups in total. The zero-order chi connectivity index (χ0) is 22.3. The molecule has 4 aromatic carbocycles. The monoisotopic (exact) mass is 416 g/mol. The van der Waals surface area contributed by atoms with Crippen LogP contribution in [0.25, 0.3) is 22.3 Å². The van der Waals surface area contributed by atoms with Crippen molar-refractivity contribution in [2.45, 2.75) is 38.5 Å². The molecule has 0 bridgehead atoms. The molecule has 0 aromatic heterocycles. The Morgan fingerprint density at radius 1 is 0.500 bits per heavy atom. The Balaban J connectivity index is 1.43. The molecule has 157 valence electrons. The molecule has 0 amide bonds. The minimum absolute atomic E-state index is 0.121. The quantitative estimate of drug-likeness (QED) is 0.306. The third-order valence-corrected chi connectivity index (χ3v) is 7.60. The van der Waals surface area contributed by atoms with Gasteiger partial charge in [0.25, 0.3) is 0 Å². The van der Waals surface area contributed by atoms with Gasteiger partial charge >= 0.3 is 0 Å². The van der Waals surface area contributed by atoms with Gasteiger partial charge in [0.05, 0.1) is 11.4 Å². The van der Waals surface area contributed by atoms with E-state index in [9.17, 15) is 5.21 Å². The Morgan fingerprint density at radius 3 is 1.31 bits per heavy atom. The lowest BCUT2D eigenvalue weighted by molar-refractivity contribution is 0.196. The van der Waals surface area contributed by atoms with Crippen LogP contribution in [0, 0.1) is 0 Å². The maximum Gasteiger partial charge on any atom is 0.0730 e. The Kier molecular flexibility index (Phi) is 3.83. The van der Waals surface area contributed by atoms with E-state index < -0.39 is 0 Å². The lowest BCUT2D eigenvalue weighted by Crippen LogP contribution is -2.17. The highest BCUT2D eigenvalue weighted by molar-refractivity contribution is 5.85. The van der Waals surface area contributed by atoms with Crippen molar-refractivity contribution in [2.24, 2.45) is 0 Å². The molecule has 0 atom stereocenters. The lowest BCUT2D eigenvalue weighted by atomic mass is 9.82. The fourth-order valence-electron chi connectivity index (χ4n) is 5.79. The fourth-order valence-corrected chi connectivity index (χ4v) is 5.79. The summed E-state index contributed by atoms with van der Waals surface area (Å²) in [4.78, 5) is 0. The first kappa shape index (κ1) is 19.3. The van der Waals surface area contributed by atoms with E-state index in [-0.39, 0.29) is 10.8 Å². The van der Waals surface area contributed by atoms with E-state index in [0.717, 1.165) is 5.06 Å². The zero-order valence-electron chi connectivity index (χ0n) is 18.9. The van der Waals surface area contributed by atoms with Gasteiger partial charge in [0.15, 0.2) is 0 Å². The molecule has 2 nitrogen and oxygen atoms in total. The molecule has 6 rings (SSSR count). The Hall–Kier alpha value is -3.36. The summed E-state index contributed by atoms with van der Waals surface area (Å²) in [5.74, 6) is 0. The molecule has 2 aliphatic rings. The van der Waals surface area contributed by atoms with Crippen LogP contribution < -0.4 is 5.06 Å². The molecule has 0 unspecified atom stereocenters. The van der Waals surface area contributed by atoms with Crippen LogP contribution in [0.5, 0.6) is 0 Å². The lowest BCUT2D eigenvalue weighted by Gasteiger charge is -2.24. The average molecular weight is 417 g/mol. The van der Waals surface area contributed by atoms with Crippen molar-refractivity contribution in [3.05, 3.63) is 107 Å². The van der Waals surface area contributed by atoms with Crippen molar-refractivity contribution in [1.29, 1.82) is 0 Å². The third-order valence-electron chi connectivity index (χ3n) is 7.60. The van der Waals surface area contributed by atoms with Gasteiger partial charge in [-0.25, -0.2) is 0 Å². The van der Waals surface area contributed by atoms with Gasteiger partial charge in [-0.1, -0.05) is 93.6 Å². The van der Waals surface area contributed by atoms with Crippen molar-refractivity contribution in [1.82, 2.24) is 0 Å². The van der Waals surface area contributed by atoms with Crippen molar-refractivity contribution in [3.8, 4) is 22.3 Å². The second kappa shape index (κ2) is 6.34.